The number of nitrogens with zero attached hydrogens (tertiary/aromatic N) is 2. The number of morpholine rings is 1. The number of hydrogen-bond donors (Lipinski definition) is 2. The predicted molar refractivity (Wildman–Crippen MR) is 93.6 cm³/mol. The first-order valence-corrected chi connectivity index (χ1v) is 8.35. The van der Waals surface area contributed by atoms with Gasteiger partial charge in [0.1, 0.15) is 11.4 Å². The Bertz CT molecular complexity index is 731. The molecule has 2 atom stereocenters. The molecular weight excluding hydrogens is 322 g/mol. The highest BCUT2D eigenvalue weighted by Gasteiger charge is 2.22. The summed E-state index contributed by atoms with van der Waals surface area (Å²) in [6.07, 6.45) is -0.658. The van der Waals surface area contributed by atoms with Gasteiger partial charge in [-0.25, -0.2) is 4.79 Å². The highest BCUT2D eigenvalue weighted by atomic mass is 16.5. The van der Waals surface area contributed by atoms with Crippen LogP contribution in [0.3, 0.4) is 0 Å². The Morgan fingerprint density at radius 1 is 1.28 bits per heavy atom. The lowest BCUT2D eigenvalue weighted by Crippen LogP contribution is -2.44. The number of nitrogens with one attached hydrogen (secondary N) is 1. The maximum Gasteiger partial charge on any atom is 0.409 e. The van der Waals surface area contributed by atoms with Crippen LogP contribution >= 0.6 is 0 Å². The van der Waals surface area contributed by atoms with E-state index in [0.29, 0.717) is 17.1 Å². The highest BCUT2D eigenvalue weighted by molar-refractivity contribution is 5.89. The van der Waals surface area contributed by atoms with Crippen LogP contribution in [0.5, 0.6) is 0 Å². The maximum absolute atomic E-state index is 10.9. The van der Waals surface area contributed by atoms with Crippen LogP contribution in [0, 0.1) is 6.92 Å². The fourth-order valence-electron chi connectivity index (χ4n) is 3.25. The zero-order chi connectivity index (χ0) is 18.0. The molecule has 1 aliphatic heterocycles. The summed E-state index contributed by atoms with van der Waals surface area (Å²) in [4.78, 5) is 13.3. The van der Waals surface area contributed by atoms with Crippen LogP contribution in [0.25, 0.3) is 11.3 Å². The fourth-order valence-corrected chi connectivity index (χ4v) is 3.25. The Labute approximate surface area is 146 Å². The van der Waals surface area contributed by atoms with Crippen LogP contribution in [0.1, 0.15) is 25.1 Å². The lowest BCUT2D eigenvalue weighted by Gasteiger charge is -2.35. The number of ether oxygens (including phenoxy) is 1. The van der Waals surface area contributed by atoms with Crippen molar-refractivity contribution in [3.05, 3.63) is 35.5 Å². The molecule has 25 heavy (non-hydrogen) atoms. The second-order valence-corrected chi connectivity index (χ2v) is 6.55. The van der Waals surface area contributed by atoms with E-state index in [9.17, 15) is 4.79 Å². The molecule has 0 spiro atoms. The largest absolute Gasteiger partial charge is 0.465 e. The number of anilines is 1. The smallest absolute Gasteiger partial charge is 0.409 e. The van der Waals surface area contributed by atoms with Crippen molar-refractivity contribution in [3.63, 3.8) is 0 Å². The first-order chi connectivity index (χ1) is 11.9. The van der Waals surface area contributed by atoms with Gasteiger partial charge in [0.15, 0.2) is 5.76 Å². The van der Waals surface area contributed by atoms with Crippen molar-refractivity contribution in [2.45, 2.75) is 39.5 Å². The van der Waals surface area contributed by atoms with Crippen molar-refractivity contribution in [2.75, 3.05) is 18.4 Å². The minimum Gasteiger partial charge on any atom is -0.465 e. The van der Waals surface area contributed by atoms with Gasteiger partial charge in [-0.15, -0.1) is 0 Å². The van der Waals surface area contributed by atoms with Crippen molar-refractivity contribution in [1.29, 1.82) is 0 Å². The van der Waals surface area contributed by atoms with Crippen LogP contribution in [-0.2, 0) is 11.3 Å². The number of benzene rings is 1. The first kappa shape index (κ1) is 17.4. The fraction of sp³-hybridized carbons (Fsp3) is 0.444. The molecular formula is C18H23N3O4. The molecule has 0 aliphatic carbocycles. The number of aromatic nitrogens is 1. The summed E-state index contributed by atoms with van der Waals surface area (Å²) in [7, 11) is 0. The molecule has 1 saturated heterocycles. The molecule has 1 aliphatic rings. The van der Waals surface area contributed by atoms with Crippen LogP contribution in [0.2, 0.25) is 0 Å². The van der Waals surface area contributed by atoms with Crippen molar-refractivity contribution in [3.8, 4) is 11.3 Å². The van der Waals surface area contributed by atoms with Gasteiger partial charge in [-0.1, -0.05) is 29.4 Å². The van der Waals surface area contributed by atoms with Crippen LogP contribution < -0.4 is 5.32 Å². The van der Waals surface area contributed by atoms with Crippen LogP contribution in [0.15, 0.2) is 28.8 Å². The van der Waals surface area contributed by atoms with E-state index in [4.69, 9.17) is 14.4 Å². The molecule has 1 fully saturated rings. The van der Waals surface area contributed by atoms with E-state index in [1.165, 1.54) is 5.56 Å². The van der Waals surface area contributed by atoms with E-state index in [2.05, 4.69) is 29.2 Å². The lowest BCUT2D eigenvalue weighted by molar-refractivity contribution is -0.0704. The molecule has 1 amide bonds. The molecule has 0 bridgehead atoms. The normalized spacial score (nSPS) is 21.2. The number of carboxylic acid groups (broad SMARTS) is 1. The van der Waals surface area contributed by atoms with Gasteiger partial charge >= 0.3 is 6.09 Å². The highest BCUT2D eigenvalue weighted by Crippen LogP contribution is 2.31. The van der Waals surface area contributed by atoms with Crippen LogP contribution in [0.4, 0.5) is 10.5 Å². The SMILES string of the molecule is Cc1noc(-c2ccc(CN3CC(C)OC(C)C3)cc2)c1NC(=O)O. The molecule has 7 heteroatoms. The van der Waals surface area contributed by atoms with Gasteiger partial charge in [0.05, 0.1) is 12.2 Å². The molecule has 2 aromatic rings. The standard InChI is InChI=1S/C18H23N3O4/c1-11-8-21(9-12(2)24-11)10-14-4-6-15(7-5-14)17-16(19-18(22)23)13(3)20-25-17/h4-7,11-12,19H,8-10H2,1-3H3,(H,22,23). The number of amides is 1. The van der Waals surface area contributed by atoms with Gasteiger partial charge in [0, 0.05) is 25.2 Å². The lowest BCUT2D eigenvalue weighted by atomic mass is 10.1. The van der Waals surface area contributed by atoms with Crippen LogP contribution in [-0.4, -0.2) is 46.6 Å². The molecule has 2 unspecified atom stereocenters. The molecule has 0 radical (unpaired) electrons. The minimum absolute atomic E-state index is 0.241. The summed E-state index contributed by atoms with van der Waals surface area (Å²) in [6.45, 7) is 8.57. The van der Waals surface area contributed by atoms with Gasteiger partial charge in [0.25, 0.3) is 0 Å². The summed E-state index contributed by atoms with van der Waals surface area (Å²) in [5.74, 6) is 0.431. The molecule has 1 aromatic heterocycles. The number of hydrogen-bond acceptors (Lipinski definition) is 5. The number of carbonyl (C=O) groups is 1. The summed E-state index contributed by atoms with van der Waals surface area (Å²) >= 11 is 0. The van der Waals surface area contributed by atoms with Crippen molar-refractivity contribution in [1.82, 2.24) is 10.1 Å². The number of aryl methyl sites for hydroxylation is 1. The van der Waals surface area contributed by atoms with E-state index in [1.54, 1.807) is 6.92 Å². The molecule has 7 nitrogen and oxygen atoms in total. The Morgan fingerprint density at radius 2 is 1.92 bits per heavy atom. The van der Waals surface area contributed by atoms with Crippen molar-refractivity contribution in [2.24, 2.45) is 0 Å². The van der Waals surface area contributed by atoms with Gasteiger partial charge in [-0.3, -0.25) is 10.2 Å². The summed E-state index contributed by atoms with van der Waals surface area (Å²) < 4.78 is 11.1. The van der Waals surface area contributed by atoms with Crippen molar-refractivity contribution < 1.29 is 19.2 Å². The van der Waals surface area contributed by atoms with Gasteiger partial charge in [-0.2, -0.15) is 0 Å². The third kappa shape index (κ3) is 4.18. The molecule has 0 saturated carbocycles. The van der Waals surface area contributed by atoms with E-state index in [1.807, 2.05) is 24.3 Å². The second kappa shape index (κ2) is 7.25. The molecule has 1 aromatic carbocycles. The monoisotopic (exact) mass is 345 g/mol. The Hall–Kier alpha value is -2.38. The molecule has 3 rings (SSSR count). The van der Waals surface area contributed by atoms with E-state index < -0.39 is 6.09 Å². The summed E-state index contributed by atoms with van der Waals surface area (Å²) in [5, 5.41) is 15.2. The zero-order valence-electron chi connectivity index (χ0n) is 14.7. The maximum atomic E-state index is 10.9. The van der Waals surface area contributed by atoms with Crippen molar-refractivity contribution >= 4 is 11.8 Å². The predicted octanol–water partition coefficient (Wildman–Crippen LogP) is 3.35. The number of rotatable bonds is 4. The van der Waals surface area contributed by atoms with E-state index >= 15 is 0 Å². The third-order valence-electron chi connectivity index (χ3n) is 4.21. The van der Waals surface area contributed by atoms with Gasteiger partial charge in [0.2, 0.25) is 0 Å². The first-order valence-electron chi connectivity index (χ1n) is 8.35. The average Bonchev–Trinajstić information content (AvgIpc) is 2.88. The Morgan fingerprint density at radius 3 is 2.52 bits per heavy atom. The van der Waals surface area contributed by atoms with Gasteiger partial charge < -0.3 is 14.4 Å². The summed E-state index contributed by atoms with van der Waals surface area (Å²) in [6, 6.07) is 7.91. The average molecular weight is 345 g/mol. The molecule has 134 valence electrons. The second-order valence-electron chi connectivity index (χ2n) is 6.55. The summed E-state index contributed by atoms with van der Waals surface area (Å²) in [5.41, 5.74) is 2.87. The molecule has 2 heterocycles. The zero-order valence-corrected chi connectivity index (χ0v) is 14.7. The quantitative estimate of drug-likeness (QED) is 0.883. The Kier molecular flexibility index (Phi) is 5.06. The van der Waals surface area contributed by atoms with E-state index in [0.717, 1.165) is 25.2 Å². The molecule has 2 N–H and O–H groups in total. The topological polar surface area (TPSA) is 87.8 Å². The minimum atomic E-state index is -1.14. The van der Waals surface area contributed by atoms with E-state index in [-0.39, 0.29) is 12.2 Å². The third-order valence-corrected chi connectivity index (χ3v) is 4.21. The van der Waals surface area contributed by atoms with Gasteiger partial charge in [-0.05, 0) is 26.3 Å². The Balaban J connectivity index is 1.74.